The van der Waals surface area contributed by atoms with Crippen LogP contribution in [0.2, 0.25) is 0 Å². The van der Waals surface area contributed by atoms with Crippen LogP contribution in [0.1, 0.15) is 12.0 Å². The average Bonchev–Trinajstić information content (AvgIpc) is 3.09. The summed E-state index contributed by atoms with van der Waals surface area (Å²) in [4.78, 5) is 37.5. The third-order valence-electron chi connectivity index (χ3n) is 4.11. The number of carbonyl (C=O) groups is 3. The zero-order valence-corrected chi connectivity index (χ0v) is 16.0. The van der Waals surface area contributed by atoms with Crippen LogP contribution < -0.4 is 5.32 Å². The van der Waals surface area contributed by atoms with Crippen LogP contribution in [0, 0.1) is 0 Å². The Hall–Kier alpha value is -2.39. The van der Waals surface area contributed by atoms with Crippen molar-refractivity contribution in [3.63, 3.8) is 0 Å². The molecule has 142 valence electrons. The Bertz CT molecular complexity index is 922. The first kappa shape index (κ1) is 19.4. The minimum Gasteiger partial charge on any atom is -0.351 e. The number of amides is 3. The van der Waals surface area contributed by atoms with E-state index in [4.69, 9.17) is 0 Å². The summed E-state index contributed by atoms with van der Waals surface area (Å²) in [5.41, 5.74) is 0.957. The summed E-state index contributed by atoms with van der Waals surface area (Å²) < 4.78 is 22.9. The molecule has 0 spiro atoms. The maximum atomic E-state index is 12.3. The van der Waals surface area contributed by atoms with Gasteiger partial charge in [0.25, 0.3) is 11.1 Å². The van der Waals surface area contributed by atoms with Crippen LogP contribution in [-0.4, -0.2) is 54.5 Å². The minimum absolute atomic E-state index is 0.0377. The number of carbonyl (C=O) groups excluding carboxylic acids is 3. The van der Waals surface area contributed by atoms with Crippen LogP contribution in [0.3, 0.4) is 0 Å². The van der Waals surface area contributed by atoms with Gasteiger partial charge in [0.05, 0.1) is 16.4 Å². The standard InChI is InChI=1S/C18H18N2O5S2/c21-16(19-14-9-10-27(24,25)12-14)11-20-17(22)15(26-18(20)23)8-4-7-13-5-2-1-3-6-13/h1-8,14H,9-12H2,(H,19,21)/b7-4+,15-8-/t14-/m1/s1. The third kappa shape index (κ3) is 5.08. The molecule has 0 radical (unpaired) electrons. The van der Waals surface area contributed by atoms with E-state index in [1.165, 1.54) is 0 Å². The number of benzene rings is 1. The van der Waals surface area contributed by atoms with Gasteiger partial charge < -0.3 is 5.32 Å². The predicted octanol–water partition coefficient (Wildman–Crippen LogP) is 1.58. The number of imide groups is 1. The number of allylic oxidation sites excluding steroid dienone is 2. The van der Waals surface area contributed by atoms with Crippen LogP contribution >= 0.6 is 11.8 Å². The van der Waals surface area contributed by atoms with E-state index < -0.39 is 39.5 Å². The highest BCUT2D eigenvalue weighted by atomic mass is 32.2. The Labute approximate surface area is 161 Å². The molecule has 1 atom stereocenters. The molecule has 2 saturated heterocycles. The second kappa shape index (κ2) is 8.10. The van der Waals surface area contributed by atoms with E-state index in [-0.39, 0.29) is 16.4 Å². The highest BCUT2D eigenvalue weighted by molar-refractivity contribution is 8.18. The molecule has 7 nitrogen and oxygen atoms in total. The molecule has 9 heteroatoms. The Morgan fingerprint density at radius 3 is 2.67 bits per heavy atom. The first-order valence-electron chi connectivity index (χ1n) is 8.31. The van der Waals surface area contributed by atoms with Gasteiger partial charge in [-0.25, -0.2) is 8.42 Å². The monoisotopic (exact) mass is 406 g/mol. The first-order valence-corrected chi connectivity index (χ1v) is 10.9. The fourth-order valence-corrected chi connectivity index (χ4v) is 5.25. The van der Waals surface area contributed by atoms with E-state index in [0.717, 1.165) is 22.2 Å². The van der Waals surface area contributed by atoms with Gasteiger partial charge >= 0.3 is 0 Å². The molecule has 1 aromatic carbocycles. The van der Waals surface area contributed by atoms with Crippen molar-refractivity contribution in [2.75, 3.05) is 18.1 Å². The summed E-state index contributed by atoms with van der Waals surface area (Å²) in [5.74, 6) is -1.14. The molecule has 1 N–H and O–H groups in total. The SMILES string of the molecule is O=C(CN1C(=O)S/C(=C\C=C\c2ccccc2)C1=O)N[C@@H]1CCS(=O)(=O)C1. The lowest BCUT2D eigenvalue weighted by molar-refractivity contribution is -0.129. The smallest absolute Gasteiger partial charge is 0.294 e. The van der Waals surface area contributed by atoms with Crippen molar-refractivity contribution in [2.45, 2.75) is 12.5 Å². The molecule has 3 amide bonds. The molecule has 2 fully saturated rings. The Kier molecular flexibility index (Phi) is 5.81. The van der Waals surface area contributed by atoms with E-state index in [9.17, 15) is 22.8 Å². The van der Waals surface area contributed by atoms with Crippen molar-refractivity contribution >= 4 is 44.7 Å². The van der Waals surface area contributed by atoms with Crippen molar-refractivity contribution in [2.24, 2.45) is 0 Å². The van der Waals surface area contributed by atoms with Gasteiger partial charge in [0.2, 0.25) is 5.91 Å². The molecular weight excluding hydrogens is 388 g/mol. The first-order chi connectivity index (χ1) is 12.8. The average molecular weight is 406 g/mol. The molecule has 2 heterocycles. The number of nitrogens with zero attached hydrogens (tertiary/aromatic N) is 1. The van der Waals surface area contributed by atoms with Crippen molar-refractivity contribution < 1.29 is 22.8 Å². The van der Waals surface area contributed by atoms with E-state index in [2.05, 4.69) is 5.32 Å². The lowest BCUT2D eigenvalue weighted by Gasteiger charge is -2.15. The van der Waals surface area contributed by atoms with E-state index >= 15 is 0 Å². The molecule has 1 aromatic rings. The third-order valence-corrected chi connectivity index (χ3v) is 6.80. The van der Waals surface area contributed by atoms with Gasteiger partial charge in [0, 0.05) is 6.04 Å². The predicted molar refractivity (Wildman–Crippen MR) is 103 cm³/mol. The van der Waals surface area contributed by atoms with Gasteiger partial charge in [-0.05, 0) is 29.8 Å². The van der Waals surface area contributed by atoms with Gasteiger partial charge in [-0.2, -0.15) is 0 Å². The molecule has 0 bridgehead atoms. The molecule has 0 aliphatic carbocycles. The van der Waals surface area contributed by atoms with Gasteiger partial charge in [0.1, 0.15) is 6.54 Å². The second-order valence-corrected chi connectivity index (χ2v) is 9.45. The highest BCUT2D eigenvalue weighted by Gasteiger charge is 2.37. The number of thioether (sulfide) groups is 1. The maximum Gasteiger partial charge on any atom is 0.294 e. The maximum absolute atomic E-state index is 12.3. The molecule has 0 saturated carbocycles. The van der Waals surface area contributed by atoms with Crippen molar-refractivity contribution in [3.8, 4) is 0 Å². The second-order valence-electron chi connectivity index (χ2n) is 6.23. The number of sulfone groups is 1. The zero-order valence-electron chi connectivity index (χ0n) is 14.3. The van der Waals surface area contributed by atoms with Crippen molar-refractivity contribution in [1.82, 2.24) is 10.2 Å². The van der Waals surface area contributed by atoms with Crippen LogP contribution in [0.5, 0.6) is 0 Å². The summed E-state index contributed by atoms with van der Waals surface area (Å²) in [6, 6.07) is 9.03. The van der Waals surface area contributed by atoms with Gasteiger partial charge in [-0.3, -0.25) is 19.3 Å². The zero-order chi connectivity index (χ0) is 19.4. The minimum atomic E-state index is -3.11. The molecular formula is C18H18N2O5S2. The number of rotatable bonds is 5. The van der Waals surface area contributed by atoms with E-state index in [1.54, 1.807) is 18.2 Å². The highest BCUT2D eigenvalue weighted by Crippen LogP contribution is 2.30. The molecule has 3 rings (SSSR count). The van der Waals surface area contributed by atoms with Crippen LogP contribution in [0.25, 0.3) is 6.08 Å². The van der Waals surface area contributed by atoms with Crippen LogP contribution in [-0.2, 0) is 19.4 Å². The summed E-state index contributed by atoms with van der Waals surface area (Å²) in [5, 5.41) is 2.06. The van der Waals surface area contributed by atoms with Gasteiger partial charge in [-0.1, -0.05) is 42.5 Å². The quantitative estimate of drug-likeness (QED) is 0.745. The summed E-state index contributed by atoms with van der Waals surface area (Å²) in [6.07, 6.45) is 5.37. The van der Waals surface area contributed by atoms with Gasteiger partial charge in [0.15, 0.2) is 9.84 Å². The summed E-state index contributed by atoms with van der Waals surface area (Å²) in [7, 11) is -3.11. The van der Waals surface area contributed by atoms with E-state index in [0.29, 0.717) is 6.42 Å². The number of nitrogens with one attached hydrogen (secondary N) is 1. The molecule has 0 aromatic heterocycles. The Balaban J connectivity index is 1.58. The lowest BCUT2D eigenvalue weighted by Crippen LogP contribution is -2.43. The molecule has 2 aliphatic rings. The Morgan fingerprint density at radius 2 is 2.00 bits per heavy atom. The summed E-state index contributed by atoms with van der Waals surface area (Å²) in [6.45, 7) is -0.416. The molecule has 0 unspecified atom stereocenters. The topological polar surface area (TPSA) is 101 Å². The van der Waals surface area contributed by atoms with Crippen LogP contribution in [0.15, 0.2) is 47.4 Å². The van der Waals surface area contributed by atoms with Crippen molar-refractivity contribution in [1.29, 1.82) is 0 Å². The summed E-state index contributed by atoms with van der Waals surface area (Å²) >= 11 is 0.773. The van der Waals surface area contributed by atoms with Crippen LogP contribution in [0.4, 0.5) is 4.79 Å². The van der Waals surface area contributed by atoms with Crippen molar-refractivity contribution in [3.05, 3.63) is 53.0 Å². The molecule has 2 aliphatic heterocycles. The Morgan fingerprint density at radius 1 is 1.26 bits per heavy atom. The number of hydrogen-bond acceptors (Lipinski definition) is 6. The van der Waals surface area contributed by atoms with E-state index in [1.807, 2.05) is 30.3 Å². The number of hydrogen-bond donors (Lipinski definition) is 1. The fourth-order valence-electron chi connectivity index (χ4n) is 2.79. The normalized spacial score (nSPS) is 23.5. The lowest BCUT2D eigenvalue weighted by atomic mass is 10.2. The molecule has 27 heavy (non-hydrogen) atoms. The largest absolute Gasteiger partial charge is 0.351 e. The van der Waals surface area contributed by atoms with Gasteiger partial charge in [-0.15, -0.1) is 0 Å². The fraction of sp³-hybridized carbons (Fsp3) is 0.278.